The fourth-order valence-electron chi connectivity index (χ4n) is 4.35. The third-order valence-electron chi connectivity index (χ3n) is 12.8. The smallest absolute Gasteiger partial charge is 0.310 e. The summed E-state index contributed by atoms with van der Waals surface area (Å²) in [5.41, 5.74) is 15.8. The van der Waals surface area contributed by atoms with E-state index in [1.165, 1.54) is 14.2 Å². The summed E-state index contributed by atoms with van der Waals surface area (Å²) in [7, 11) is 16.2. The molecule has 0 spiro atoms. The highest BCUT2D eigenvalue weighted by Crippen LogP contribution is 2.19. The van der Waals surface area contributed by atoms with Gasteiger partial charge in [0.2, 0.25) is 69.0 Å². The minimum atomic E-state index is -1.32. The summed E-state index contributed by atoms with van der Waals surface area (Å²) in [6.07, 6.45) is 7.11. The number of aldehydes is 1. The van der Waals surface area contributed by atoms with Crippen molar-refractivity contribution in [1.29, 1.82) is 24.9 Å². The number of terminal acetylenes is 1. The Morgan fingerprint density at radius 1 is 0.426 bits per heavy atom. The van der Waals surface area contributed by atoms with E-state index >= 15 is 0 Å². The van der Waals surface area contributed by atoms with Gasteiger partial charge in [-0.05, 0) is 55.5 Å². The van der Waals surface area contributed by atoms with Gasteiger partial charge in [-0.3, -0.25) is 9.59 Å². The molecule has 0 radical (unpaired) electrons. The Kier molecular flexibility index (Phi) is 160. The van der Waals surface area contributed by atoms with Crippen LogP contribution in [-0.2, 0) is 28.6 Å². The van der Waals surface area contributed by atoms with Crippen LogP contribution in [0.25, 0.3) is 0 Å². The number of carbonyl (C=O) groups is 3. The SMILES string of the molecule is C.C.C.C#C[Si](C)(C)C.COC(=O)[C@@H](C)CO.[2H]B(P)S.[2H]B(P)S.[2H]B(P)S.[2H]B(P)S.[2H]B(P)S.[2H]B(P)S.[2H]B(P)S.[2H]B(P)S.[2H]B(P)S.[3H]OC[C@H](C)C(=O)OC.[3H]OC[C@H](C)C1CO1.[3H]OC[C@H](C)C=C.[3H]OC[C@H](C)C=O.[3H]OC[C@H](C)CO.[3H]OC[C@H](C)[C@@H](C)CC#C[Si](C)(C)C.[3H]OC[C@H](C)[C@@H](O)CC#C[Si](C)(C)C.[3H]OC[C@H](C)[C@H](C)CC#C[Si](C)(C)C.[3H]OC[C@H](C)[C@H](O)CC#C[Si](C)(C)C. The fourth-order valence-corrected chi connectivity index (χ4v) is 6.88. The quantitative estimate of drug-likeness (QED) is 0.00424. The lowest BCUT2D eigenvalue weighted by Gasteiger charge is -2.14. The maximum atomic E-state index is 10.5. The van der Waals surface area contributed by atoms with Gasteiger partial charge < -0.3 is 85.4 Å². The molecule has 10 unspecified atom stereocenters. The lowest BCUT2D eigenvalue weighted by Crippen LogP contribution is -2.21. The number of thiol groups is 9. The number of rotatable bonds is 33. The first-order chi connectivity index (χ1) is 65.3. The van der Waals surface area contributed by atoms with Gasteiger partial charge >= 0.3 is 11.9 Å². The Morgan fingerprint density at radius 3 is 0.814 bits per heavy atom. The van der Waals surface area contributed by atoms with E-state index in [0.29, 0.717) is 87.5 Å². The number of aliphatic hydroxyl groups is 13. The highest BCUT2D eigenvalue weighted by molar-refractivity contribution is 8.22. The monoisotopic (exact) mass is 2270 g/mol. The number of ether oxygens (including phenoxy) is 3. The van der Waals surface area contributed by atoms with Crippen LogP contribution in [0.1, 0.15) is 131 Å². The van der Waals surface area contributed by atoms with Crippen molar-refractivity contribution in [3.63, 3.8) is 0 Å². The topological polar surface area (TPSA) is 345 Å². The second-order valence-electron chi connectivity index (χ2n) is 31.8. The zero-order chi connectivity index (χ0) is 119. The molecule has 1 aliphatic heterocycles. The van der Waals surface area contributed by atoms with Crippen LogP contribution in [0.5, 0.6) is 0 Å². The van der Waals surface area contributed by atoms with Gasteiger partial charge in [0.15, 0.2) is 0 Å². The van der Waals surface area contributed by atoms with E-state index in [-0.39, 0.29) is 166 Å². The van der Waals surface area contributed by atoms with Crippen molar-refractivity contribution in [3.05, 3.63) is 12.7 Å². The van der Waals surface area contributed by atoms with Crippen molar-refractivity contribution in [3.8, 4) is 57.8 Å². The van der Waals surface area contributed by atoms with Crippen molar-refractivity contribution >= 4 is 309 Å². The van der Waals surface area contributed by atoms with E-state index in [0.717, 1.165) is 25.7 Å². The lowest BCUT2D eigenvalue weighted by molar-refractivity contribution is -0.146. The summed E-state index contributed by atoms with van der Waals surface area (Å²) in [5, 5.41) is 73.2. The summed E-state index contributed by atoms with van der Waals surface area (Å²) in [5.74, 6) is 13.6. The minimum Gasteiger partial charge on any atom is -0.469 e. The van der Waals surface area contributed by atoms with Crippen molar-refractivity contribution in [2.45, 2.75) is 248 Å². The first kappa shape index (κ1) is 140. The van der Waals surface area contributed by atoms with Crippen LogP contribution in [0.3, 0.4) is 0 Å². The molecule has 0 aromatic heterocycles. The van der Waals surface area contributed by atoms with Gasteiger partial charge in [0.25, 0.3) is 0 Å². The number of hydrogen-bond donors (Lipinski definition) is 22. The number of methoxy groups -OCH3 is 2. The molecule has 51 heteroatoms. The van der Waals surface area contributed by atoms with Gasteiger partial charge in [-0.15, -0.1) is 64.4 Å². The Balaban J connectivity index is -0.0000000569. The first-order valence-electron chi connectivity index (χ1n) is 48.6. The average Bonchev–Trinajstić information content (AvgIpc) is 1.76. The molecule has 1 fully saturated rings. The Hall–Kier alpha value is 4.28. The third kappa shape index (κ3) is 242. The van der Waals surface area contributed by atoms with Gasteiger partial charge in [-0.1, -0.05) is 196 Å². The molecule has 13 N–H and O–H groups in total. The van der Waals surface area contributed by atoms with Gasteiger partial charge in [0.05, 0.1) is 70.8 Å². The van der Waals surface area contributed by atoms with E-state index in [9.17, 15) is 24.6 Å². The molecule has 0 aliphatic carbocycles. The fraction of sp³-hybridized carbons (Fsp3) is 0.808. The van der Waals surface area contributed by atoms with E-state index in [2.05, 4.69) is 434 Å². The van der Waals surface area contributed by atoms with Crippen LogP contribution in [0.2, 0.25) is 98.2 Å². The Labute approximate surface area is 904 Å². The molecule has 0 amide bonds. The second-order valence-corrected chi connectivity index (χ2v) is 66.3. The number of esters is 2. The molecular formula is C78H200B9O19P9S9Si5. The predicted octanol–water partition coefficient (Wildman–Crippen LogP) is 11.3. The van der Waals surface area contributed by atoms with Crippen LogP contribution < -0.4 is 0 Å². The number of aliphatic hydroxyl groups excluding tert-OH is 13. The normalized spacial score (nSPS) is 15.0. The molecule has 772 valence electrons. The first-order valence-corrected chi connectivity index (χ1v) is 67.8. The van der Waals surface area contributed by atoms with E-state index in [1.54, 1.807) is 26.8 Å². The molecule has 1 rings (SSSR count). The minimum absolute atomic E-state index is 0. The van der Waals surface area contributed by atoms with Gasteiger partial charge in [0, 0.05) is 108 Å². The zero-order valence-corrected chi connectivity index (χ0v) is 105. The summed E-state index contributed by atoms with van der Waals surface area (Å²) in [6, 6.07) is 0. The molecule has 1 saturated heterocycles. The summed E-state index contributed by atoms with van der Waals surface area (Å²) in [4.78, 5) is 30.6. The van der Waals surface area contributed by atoms with Crippen molar-refractivity contribution in [1.82, 2.24) is 0 Å². The number of hydrogen-bond acceptors (Lipinski definition) is 28. The van der Waals surface area contributed by atoms with Crippen LogP contribution in [-0.4, -0.2) is 318 Å². The van der Waals surface area contributed by atoms with Crippen LogP contribution in [0.4, 0.5) is 0 Å². The zero-order valence-electron chi connectivity index (χ0n) is 99.7. The van der Waals surface area contributed by atoms with Crippen molar-refractivity contribution < 1.29 is 95.0 Å². The van der Waals surface area contributed by atoms with E-state index in [4.69, 9.17) is 46.3 Å². The molecule has 129 heavy (non-hydrogen) atoms. The highest BCUT2D eigenvalue weighted by Gasteiger charge is 2.28. The number of carbonyl (C=O) groups excluding carboxylic acids is 3. The van der Waals surface area contributed by atoms with Crippen LogP contribution in [0.15, 0.2) is 12.7 Å². The maximum Gasteiger partial charge on any atom is 0.310 e. The van der Waals surface area contributed by atoms with E-state index in [1.807, 2.05) is 34.6 Å². The molecule has 0 bridgehead atoms. The lowest BCUT2D eigenvalue weighted by atomic mass is 9.94. The molecule has 1 heterocycles. The van der Waals surface area contributed by atoms with Crippen molar-refractivity contribution in [2.75, 3.05) is 93.5 Å². The van der Waals surface area contributed by atoms with Crippen LogP contribution in [0, 0.1) is 129 Å². The third-order valence-corrected chi connectivity index (χ3v) is 17.4. The molecule has 0 aromatic carbocycles. The van der Waals surface area contributed by atoms with Gasteiger partial charge in [-0.2, -0.15) is 82.1 Å². The van der Waals surface area contributed by atoms with Gasteiger partial charge in [0.1, 0.15) is 46.7 Å². The molecule has 0 aromatic rings. The average molecular weight is 2270 g/mol. The molecular weight excluding hydrogens is 2050 g/mol. The van der Waals surface area contributed by atoms with Crippen LogP contribution >= 0.6 is 194 Å². The van der Waals surface area contributed by atoms with Crippen molar-refractivity contribution in [2.24, 2.45) is 71.0 Å². The Morgan fingerprint density at radius 2 is 0.651 bits per heavy atom. The number of epoxide rings is 1. The summed E-state index contributed by atoms with van der Waals surface area (Å²) < 4.78 is 129. The largest absolute Gasteiger partial charge is 0.469 e. The predicted molar refractivity (Wildman–Crippen MR) is 678 cm³/mol. The summed E-state index contributed by atoms with van der Waals surface area (Å²) in [6.45, 7) is 63.3. The maximum absolute atomic E-state index is 10.5. The standard InChI is InChI=1S/2C11H22OSi.2C10H20O2Si.2C5H10O3.C5H10O2.C5H10O.C5H10Si.C4H10O2.C4H8O2.3CH4.9BH4PS/c2*1-10(11(2)9-12)7-6-8-13(3,4)5;2*1-9(8-11)10(12)6-5-7-13(2,3)4;2*1-4(3-6)5(7)8-2;1-4(2-6)5-3-7-5;1-3-5(2)4-6;1-5-6(2,3)4;2*1-4(2-5)3-6;;;;9*2-1-3/h2*10-12H,7,9H2,1-5H3;2*9-12H,6,8H2,1-4H3;2*4,6H,3H2,1-2H3;4-6H,2-3H2,1H3;3,5-6H,1,4H2,2H3;1H,2-4H3;4-6H,2-3H2,1H3;2,4,6H,3H2,1H3;3*1H4;9*1,3H,2H2/t10-,11+;10-,11-;9-,10+;9-,10-;2*4-;4-,5?;5-;;;4-;;;;;;;;;;;;/m10000001..1............/s1/i2*12T;2*11T;6T;;2*6T;;5T;6T;;;;9*1D/t5m;;2m;;4-;m;;;;;;;;;;;;/m10000.01.01............/s1. The molecule has 1 aliphatic rings. The second kappa shape index (κ2) is 148. The molecule has 24 atom stereocenters. The molecule has 19 nitrogen and oxygen atoms in total. The van der Waals surface area contributed by atoms with E-state index < -0.39 is 52.6 Å². The van der Waals surface area contributed by atoms with Gasteiger partial charge in [-0.25, -0.2) is 112 Å². The Bertz CT molecular complexity index is 2730. The molecule has 0 saturated carbocycles. The summed E-state index contributed by atoms with van der Waals surface area (Å²) >= 11 is 32.4. The highest BCUT2D eigenvalue weighted by atomic mass is 32.1.